The summed E-state index contributed by atoms with van der Waals surface area (Å²) < 4.78 is 12.9. The second kappa shape index (κ2) is 5.66. The molecule has 0 bridgehead atoms. The maximum atomic E-state index is 12.9. The third kappa shape index (κ3) is 3.11. The van der Waals surface area contributed by atoms with Gasteiger partial charge in [0.05, 0.1) is 5.56 Å². The van der Waals surface area contributed by atoms with Gasteiger partial charge in [0.1, 0.15) is 5.82 Å². The number of carboxylic acids is 1. The highest BCUT2D eigenvalue weighted by Crippen LogP contribution is 2.24. The van der Waals surface area contributed by atoms with Crippen LogP contribution in [0.25, 0.3) is 0 Å². The summed E-state index contributed by atoms with van der Waals surface area (Å²) in [6.45, 7) is 2.50. The minimum Gasteiger partial charge on any atom is -0.478 e. The van der Waals surface area contributed by atoms with E-state index in [9.17, 15) is 9.18 Å². The van der Waals surface area contributed by atoms with Crippen LogP contribution in [0.4, 0.5) is 4.39 Å². The van der Waals surface area contributed by atoms with Gasteiger partial charge >= 0.3 is 5.97 Å². The fourth-order valence-corrected chi connectivity index (χ4v) is 2.69. The van der Waals surface area contributed by atoms with Gasteiger partial charge in [-0.15, -0.1) is 0 Å². The number of carboxylic acid groups (broad SMARTS) is 1. The number of halogens is 1. The topological polar surface area (TPSA) is 40.5 Å². The zero-order valence-electron chi connectivity index (χ0n) is 11.6. The molecule has 0 amide bonds. The molecule has 1 aliphatic heterocycles. The van der Waals surface area contributed by atoms with Gasteiger partial charge < -0.3 is 5.11 Å². The maximum absolute atomic E-state index is 12.9. The predicted octanol–water partition coefficient (Wildman–Crippen LogP) is 3.08. The van der Waals surface area contributed by atoms with Crippen LogP contribution in [0.1, 0.15) is 27.0 Å². The number of fused-ring (bicyclic) bond motifs is 1. The number of carbonyl (C=O) groups is 1. The molecule has 108 valence electrons. The highest BCUT2D eigenvalue weighted by Gasteiger charge is 2.19. The molecule has 1 N–H and O–H groups in total. The Bertz CT molecular complexity index is 667. The number of benzene rings is 2. The lowest BCUT2D eigenvalue weighted by atomic mass is 10.1. The molecule has 3 rings (SSSR count). The Morgan fingerprint density at radius 1 is 1.10 bits per heavy atom. The van der Waals surface area contributed by atoms with Gasteiger partial charge in [-0.1, -0.05) is 18.2 Å². The van der Waals surface area contributed by atoms with Crippen LogP contribution >= 0.6 is 0 Å². The van der Waals surface area contributed by atoms with Crippen LogP contribution < -0.4 is 0 Å². The lowest BCUT2D eigenvalue weighted by molar-refractivity contribution is 0.0696. The molecular weight excluding hydrogens is 269 g/mol. The molecule has 0 saturated heterocycles. The molecule has 0 aromatic heterocycles. The fraction of sp³-hybridized carbons (Fsp3) is 0.235. The SMILES string of the molecule is O=C(O)c1ccc2c(c1)CN(CCc1ccc(F)cc1)C2. The van der Waals surface area contributed by atoms with Crippen molar-refractivity contribution in [1.82, 2.24) is 4.90 Å². The Morgan fingerprint density at radius 2 is 1.81 bits per heavy atom. The van der Waals surface area contributed by atoms with E-state index >= 15 is 0 Å². The van der Waals surface area contributed by atoms with Gasteiger partial charge in [-0.05, 0) is 47.4 Å². The molecule has 1 aliphatic rings. The molecule has 0 atom stereocenters. The molecule has 0 saturated carbocycles. The van der Waals surface area contributed by atoms with Crippen LogP contribution in [0, 0.1) is 5.82 Å². The van der Waals surface area contributed by atoms with E-state index in [4.69, 9.17) is 5.11 Å². The number of rotatable bonds is 4. The highest BCUT2D eigenvalue weighted by molar-refractivity contribution is 5.87. The summed E-state index contributed by atoms with van der Waals surface area (Å²) in [5, 5.41) is 9.01. The monoisotopic (exact) mass is 285 g/mol. The first-order valence-electron chi connectivity index (χ1n) is 6.94. The molecule has 2 aromatic carbocycles. The first-order chi connectivity index (χ1) is 10.1. The smallest absolute Gasteiger partial charge is 0.335 e. The fourth-order valence-electron chi connectivity index (χ4n) is 2.69. The van der Waals surface area contributed by atoms with E-state index in [1.807, 2.05) is 6.07 Å². The molecule has 21 heavy (non-hydrogen) atoms. The third-order valence-electron chi connectivity index (χ3n) is 3.87. The Labute approximate surface area is 122 Å². The first kappa shape index (κ1) is 13.8. The van der Waals surface area contributed by atoms with E-state index in [1.165, 1.54) is 17.7 Å². The summed E-state index contributed by atoms with van der Waals surface area (Å²) >= 11 is 0. The van der Waals surface area contributed by atoms with Crippen LogP contribution in [0.15, 0.2) is 42.5 Å². The van der Waals surface area contributed by atoms with Gasteiger partial charge in [-0.3, -0.25) is 4.90 Å². The molecule has 0 spiro atoms. The van der Waals surface area contributed by atoms with E-state index in [2.05, 4.69) is 4.90 Å². The van der Waals surface area contributed by atoms with Crippen LogP contribution in [-0.2, 0) is 19.5 Å². The van der Waals surface area contributed by atoms with Crippen molar-refractivity contribution in [3.8, 4) is 0 Å². The van der Waals surface area contributed by atoms with E-state index in [-0.39, 0.29) is 5.82 Å². The summed E-state index contributed by atoms with van der Waals surface area (Å²) in [7, 11) is 0. The van der Waals surface area contributed by atoms with Gasteiger partial charge in [0.2, 0.25) is 0 Å². The van der Waals surface area contributed by atoms with E-state index in [0.29, 0.717) is 5.56 Å². The van der Waals surface area contributed by atoms with Crippen molar-refractivity contribution in [3.05, 3.63) is 70.5 Å². The molecule has 3 nitrogen and oxygen atoms in total. The molecule has 0 aliphatic carbocycles. The van der Waals surface area contributed by atoms with Gasteiger partial charge in [0.25, 0.3) is 0 Å². The molecule has 2 aromatic rings. The standard InChI is InChI=1S/C17H16FNO2/c18-16-5-1-12(2-6-16)7-8-19-10-14-4-3-13(17(20)21)9-15(14)11-19/h1-6,9H,7-8,10-11H2,(H,20,21). The molecule has 0 radical (unpaired) electrons. The number of hydrogen-bond acceptors (Lipinski definition) is 2. The Hall–Kier alpha value is -2.20. The molecule has 4 heteroatoms. The summed E-state index contributed by atoms with van der Waals surface area (Å²) in [5.74, 6) is -1.10. The zero-order chi connectivity index (χ0) is 14.8. The highest BCUT2D eigenvalue weighted by atomic mass is 19.1. The summed E-state index contributed by atoms with van der Waals surface area (Å²) in [6, 6.07) is 11.9. The lowest BCUT2D eigenvalue weighted by Gasteiger charge is -2.14. The van der Waals surface area contributed by atoms with Crippen molar-refractivity contribution < 1.29 is 14.3 Å². The lowest BCUT2D eigenvalue weighted by Crippen LogP contribution is -2.19. The van der Waals surface area contributed by atoms with Crippen LogP contribution in [-0.4, -0.2) is 22.5 Å². The Balaban J connectivity index is 1.62. The van der Waals surface area contributed by atoms with E-state index in [1.54, 1.807) is 24.3 Å². The van der Waals surface area contributed by atoms with Crippen molar-refractivity contribution in [2.75, 3.05) is 6.54 Å². The summed E-state index contributed by atoms with van der Waals surface area (Å²) in [4.78, 5) is 13.3. The average molecular weight is 285 g/mol. The predicted molar refractivity (Wildman–Crippen MR) is 77.6 cm³/mol. The van der Waals surface area contributed by atoms with Crippen molar-refractivity contribution in [2.24, 2.45) is 0 Å². The quantitative estimate of drug-likeness (QED) is 0.938. The van der Waals surface area contributed by atoms with Crippen molar-refractivity contribution in [1.29, 1.82) is 0 Å². The van der Waals surface area contributed by atoms with Crippen LogP contribution in [0.3, 0.4) is 0 Å². The van der Waals surface area contributed by atoms with Crippen molar-refractivity contribution in [2.45, 2.75) is 19.5 Å². The summed E-state index contributed by atoms with van der Waals surface area (Å²) in [6.07, 6.45) is 0.861. The minimum atomic E-state index is -0.887. The number of aromatic carboxylic acids is 1. The second-order valence-electron chi connectivity index (χ2n) is 5.38. The normalized spacial score (nSPS) is 14.1. The second-order valence-corrected chi connectivity index (χ2v) is 5.38. The van der Waals surface area contributed by atoms with E-state index in [0.717, 1.165) is 37.2 Å². The largest absolute Gasteiger partial charge is 0.478 e. The molecule has 0 fully saturated rings. The minimum absolute atomic E-state index is 0.214. The average Bonchev–Trinajstić information content (AvgIpc) is 2.88. The van der Waals surface area contributed by atoms with Crippen molar-refractivity contribution in [3.63, 3.8) is 0 Å². The molecule has 0 unspecified atom stereocenters. The zero-order valence-corrected chi connectivity index (χ0v) is 11.6. The molecular formula is C17H16FNO2. The van der Waals surface area contributed by atoms with Crippen LogP contribution in [0.2, 0.25) is 0 Å². The number of nitrogens with zero attached hydrogens (tertiary/aromatic N) is 1. The van der Waals surface area contributed by atoms with E-state index < -0.39 is 5.97 Å². The molecule has 1 heterocycles. The first-order valence-corrected chi connectivity index (χ1v) is 6.94. The Kier molecular flexibility index (Phi) is 3.71. The van der Waals surface area contributed by atoms with Crippen molar-refractivity contribution >= 4 is 5.97 Å². The maximum Gasteiger partial charge on any atom is 0.335 e. The van der Waals surface area contributed by atoms with Gasteiger partial charge in [-0.25, -0.2) is 9.18 Å². The van der Waals surface area contributed by atoms with Gasteiger partial charge in [0, 0.05) is 19.6 Å². The Morgan fingerprint density at radius 3 is 2.52 bits per heavy atom. The number of hydrogen-bond donors (Lipinski definition) is 1. The van der Waals surface area contributed by atoms with Crippen LogP contribution in [0.5, 0.6) is 0 Å². The van der Waals surface area contributed by atoms with Gasteiger partial charge in [-0.2, -0.15) is 0 Å². The third-order valence-corrected chi connectivity index (χ3v) is 3.87. The van der Waals surface area contributed by atoms with Gasteiger partial charge in [0.15, 0.2) is 0 Å². The summed E-state index contributed by atoms with van der Waals surface area (Å²) in [5.41, 5.74) is 3.74.